The van der Waals surface area contributed by atoms with Gasteiger partial charge in [0.25, 0.3) is 0 Å². The van der Waals surface area contributed by atoms with Crippen LogP contribution in [0, 0.1) is 0 Å². The molecule has 0 atom stereocenters. The molecule has 0 bridgehead atoms. The number of nitrogens with zero attached hydrogens (tertiary/aromatic N) is 3. The molecule has 2 aromatic carbocycles. The van der Waals surface area contributed by atoms with Crippen LogP contribution in [0.5, 0.6) is 5.75 Å². The number of thioether (sulfide) groups is 1. The molecule has 1 heterocycles. The molecule has 0 saturated carbocycles. The third-order valence-corrected chi connectivity index (χ3v) is 7.19. The predicted molar refractivity (Wildman–Crippen MR) is 138 cm³/mol. The van der Waals surface area contributed by atoms with Gasteiger partial charge in [-0.3, -0.25) is 9.69 Å². The van der Waals surface area contributed by atoms with Gasteiger partial charge in [0, 0.05) is 22.9 Å². The first-order valence-electron chi connectivity index (χ1n) is 10.8. The fraction of sp³-hybridized carbons (Fsp3) is 0.417. The molecule has 0 N–H and O–H groups in total. The van der Waals surface area contributed by atoms with Gasteiger partial charge in [0.05, 0.1) is 16.8 Å². The molecule has 5 nitrogen and oxygen atoms in total. The van der Waals surface area contributed by atoms with Crippen molar-refractivity contribution in [2.24, 2.45) is 0 Å². The number of aromatic nitrogens is 1. The Morgan fingerprint density at radius 2 is 1.91 bits per heavy atom. The van der Waals surface area contributed by atoms with Gasteiger partial charge in [-0.15, -0.1) is 11.8 Å². The predicted octanol–water partition coefficient (Wildman–Crippen LogP) is 6.21. The van der Waals surface area contributed by atoms with E-state index in [4.69, 9.17) is 21.3 Å². The van der Waals surface area contributed by atoms with Crippen LogP contribution in [0.15, 0.2) is 47.4 Å². The van der Waals surface area contributed by atoms with E-state index in [1.165, 1.54) is 4.90 Å². The maximum absolute atomic E-state index is 13.1. The van der Waals surface area contributed by atoms with E-state index in [-0.39, 0.29) is 5.91 Å². The summed E-state index contributed by atoms with van der Waals surface area (Å²) in [5, 5.41) is 1.50. The maximum Gasteiger partial charge on any atom is 0.228 e. The molecule has 3 aromatic rings. The quantitative estimate of drug-likeness (QED) is 0.223. The number of rotatable bonds is 12. The monoisotopic (exact) mass is 491 g/mol. The average molecular weight is 492 g/mol. The van der Waals surface area contributed by atoms with E-state index in [9.17, 15) is 4.79 Å². The van der Waals surface area contributed by atoms with Crippen LogP contribution in [0.2, 0.25) is 5.02 Å². The molecule has 32 heavy (non-hydrogen) atoms. The smallest absolute Gasteiger partial charge is 0.228 e. The van der Waals surface area contributed by atoms with Crippen molar-refractivity contribution in [2.45, 2.75) is 31.1 Å². The second-order valence-corrected chi connectivity index (χ2v) is 10.3. The second kappa shape index (κ2) is 12.4. The van der Waals surface area contributed by atoms with Gasteiger partial charge < -0.3 is 9.64 Å². The number of amides is 1. The van der Waals surface area contributed by atoms with Crippen molar-refractivity contribution in [3.05, 3.63) is 47.5 Å². The fourth-order valence-corrected chi connectivity index (χ4v) is 5.23. The third kappa shape index (κ3) is 7.37. The molecule has 3 rings (SSSR count). The van der Waals surface area contributed by atoms with E-state index < -0.39 is 0 Å². The van der Waals surface area contributed by atoms with Crippen molar-refractivity contribution in [3.8, 4) is 5.75 Å². The molecule has 0 aliphatic carbocycles. The number of carbonyl (C=O) groups is 1. The van der Waals surface area contributed by atoms with Gasteiger partial charge in [-0.05, 0) is 88.6 Å². The van der Waals surface area contributed by atoms with Gasteiger partial charge in [0.2, 0.25) is 5.91 Å². The molecule has 8 heteroatoms. The number of hydrogen-bond acceptors (Lipinski definition) is 6. The standard InChI is InChI=1S/C24H30ClN3O2S2/c1-4-30-19-10-13-21-22(17-19)32-24(26-21)28(15-6-14-27(2)3)23(29)7-5-16-31-20-11-8-18(25)9-12-20/h8-13,17H,4-7,14-16H2,1-3H3. The van der Waals surface area contributed by atoms with Crippen LogP contribution in [-0.4, -0.2) is 55.3 Å². The van der Waals surface area contributed by atoms with Crippen LogP contribution in [0.1, 0.15) is 26.2 Å². The highest BCUT2D eigenvalue weighted by molar-refractivity contribution is 7.99. The van der Waals surface area contributed by atoms with Crippen LogP contribution in [0.25, 0.3) is 10.2 Å². The Morgan fingerprint density at radius 3 is 2.62 bits per heavy atom. The van der Waals surface area contributed by atoms with E-state index in [0.29, 0.717) is 19.6 Å². The minimum absolute atomic E-state index is 0.129. The van der Waals surface area contributed by atoms with E-state index >= 15 is 0 Å². The summed E-state index contributed by atoms with van der Waals surface area (Å²) < 4.78 is 6.65. The molecule has 1 amide bonds. The van der Waals surface area contributed by atoms with Crippen LogP contribution in [-0.2, 0) is 4.79 Å². The summed E-state index contributed by atoms with van der Waals surface area (Å²) in [6.45, 7) is 4.19. The highest BCUT2D eigenvalue weighted by atomic mass is 35.5. The number of benzene rings is 2. The average Bonchev–Trinajstić information content (AvgIpc) is 3.18. The number of ether oxygens (including phenoxy) is 1. The summed E-state index contributed by atoms with van der Waals surface area (Å²) in [5.41, 5.74) is 0.900. The first-order chi connectivity index (χ1) is 15.5. The zero-order valence-electron chi connectivity index (χ0n) is 18.8. The van der Waals surface area contributed by atoms with Crippen LogP contribution in [0.4, 0.5) is 5.13 Å². The van der Waals surface area contributed by atoms with Gasteiger partial charge in [0.15, 0.2) is 5.13 Å². The molecule has 0 spiro atoms. The number of halogens is 1. The highest BCUT2D eigenvalue weighted by Crippen LogP contribution is 2.32. The lowest BCUT2D eigenvalue weighted by molar-refractivity contribution is -0.118. The Kier molecular flexibility index (Phi) is 9.66. The summed E-state index contributed by atoms with van der Waals surface area (Å²) in [4.78, 5) is 23.1. The minimum Gasteiger partial charge on any atom is -0.494 e. The lowest BCUT2D eigenvalue weighted by atomic mass is 10.3. The van der Waals surface area contributed by atoms with Crippen molar-refractivity contribution in [3.63, 3.8) is 0 Å². The van der Waals surface area contributed by atoms with Gasteiger partial charge >= 0.3 is 0 Å². The zero-order chi connectivity index (χ0) is 22.9. The van der Waals surface area contributed by atoms with Gasteiger partial charge in [-0.1, -0.05) is 22.9 Å². The Balaban J connectivity index is 1.65. The van der Waals surface area contributed by atoms with Crippen LogP contribution in [0.3, 0.4) is 0 Å². The lowest BCUT2D eigenvalue weighted by Gasteiger charge is -2.21. The molecule has 0 radical (unpaired) electrons. The SMILES string of the molecule is CCOc1ccc2nc(N(CCCN(C)C)C(=O)CCCSc3ccc(Cl)cc3)sc2c1. The fourth-order valence-electron chi connectivity index (χ4n) is 3.22. The molecule has 0 aliphatic rings. The topological polar surface area (TPSA) is 45.7 Å². The molecule has 172 valence electrons. The normalized spacial score (nSPS) is 11.3. The number of carbonyl (C=O) groups excluding carboxylic acids is 1. The first-order valence-corrected chi connectivity index (χ1v) is 13.0. The summed E-state index contributed by atoms with van der Waals surface area (Å²) in [6, 6.07) is 13.7. The van der Waals surface area contributed by atoms with E-state index in [2.05, 4.69) is 4.90 Å². The van der Waals surface area contributed by atoms with Gasteiger partial charge in [-0.25, -0.2) is 4.98 Å². The summed E-state index contributed by atoms with van der Waals surface area (Å²) in [6.07, 6.45) is 2.22. The van der Waals surface area contributed by atoms with Crippen molar-refractivity contribution in [1.29, 1.82) is 0 Å². The summed E-state index contributed by atoms with van der Waals surface area (Å²) in [5.74, 6) is 1.85. The number of anilines is 1. The molecule has 0 aliphatic heterocycles. The van der Waals surface area contributed by atoms with Crippen molar-refractivity contribution in [2.75, 3.05) is 44.4 Å². The van der Waals surface area contributed by atoms with Crippen LogP contribution < -0.4 is 9.64 Å². The van der Waals surface area contributed by atoms with Crippen LogP contribution >= 0.6 is 34.7 Å². The van der Waals surface area contributed by atoms with Crippen molar-refractivity contribution < 1.29 is 9.53 Å². The van der Waals surface area contributed by atoms with E-state index in [1.807, 2.05) is 68.4 Å². The summed E-state index contributed by atoms with van der Waals surface area (Å²) >= 11 is 9.25. The molecule has 1 aromatic heterocycles. The Labute approximate surface area is 203 Å². The van der Waals surface area contributed by atoms with Gasteiger partial charge in [-0.2, -0.15) is 0 Å². The van der Waals surface area contributed by atoms with E-state index in [1.54, 1.807) is 23.1 Å². The van der Waals surface area contributed by atoms with Crippen molar-refractivity contribution in [1.82, 2.24) is 9.88 Å². The second-order valence-electron chi connectivity index (χ2n) is 7.67. The Morgan fingerprint density at radius 1 is 1.12 bits per heavy atom. The number of fused-ring (bicyclic) bond motifs is 1. The third-order valence-electron chi connectivity index (χ3n) is 4.80. The highest BCUT2D eigenvalue weighted by Gasteiger charge is 2.19. The first kappa shape index (κ1) is 24.8. The molecule has 0 fully saturated rings. The van der Waals surface area contributed by atoms with Crippen molar-refractivity contribution >= 4 is 56.0 Å². The lowest BCUT2D eigenvalue weighted by Crippen LogP contribution is -2.33. The zero-order valence-corrected chi connectivity index (χ0v) is 21.2. The number of thiazole rings is 1. The maximum atomic E-state index is 13.1. The van der Waals surface area contributed by atoms with E-state index in [0.717, 1.165) is 51.3 Å². The largest absolute Gasteiger partial charge is 0.494 e. The van der Waals surface area contributed by atoms with Gasteiger partial charge in [0.1, 0.15) is 5.75 Å². The molecular weight excluding hydrogens is 462 g/mol. The Hall–Kier alpha value is -1.80. The summed E-state index contributed by atoms with van der Waals surface area (Å²) in [7, 11) is 4.10. The molecular formula is C24H30ClN3O2S2. The Bertz CT molecular complexity index is 1010. The molecule has 0 saturated heterocycles. The minimum atomic E-state index is 0.129. The number of hydrogen-bond donors (Lipinski definition) is 0. The molecule has 0 unspecified atom stereocenters.